The van der Waals surface area contributed by atoms with E-state index >= 15 is 0 Å². The van der Waals surface area contributed by atoms with Crippen molar-refractivity contribution >= 4 is 17.7 Å². The number of carbonyl (C=O) groups is 1. The summed E-state index contributed by atoms with van der Waals surface area (Å²) < 4.78 is 0. The smallest absolute Gasteiger partial charge is 0.303 e. The third kappa shape index (κ3) is 4.00. The van der Waals surface area contributed by atoms with E-state index in [4.69, 9.17) is 5.11 Å². The zero-order valence-corrected chi connectivity index (χ0v) is 8.11. The van der Waals surface area contributed by atoms with Crippen molar-refractivity contribution in [1.82, 2.24) is 0 Å². The molecule has 0 unspecified atom stereocenters. The summed E-state index contributed by atoms with van der Waals surface area (Å²) in [5.74, 6) is 2.83. The lowest BCUT2D eigenvalue weighted by molar-refractivity contribution is -0.137. The van der Waals surface area contributed by atoms with Crippen LogP contribution in [0.5, 0.6) is 0 Å². The highest BCUT2D eigenvalue weighted by atomic mass is 32.2. The number of hydrogen-bond acceptors (Lipinski definition) is 2. The van der Waals surface area contributed by atoms with Crippen LogP contribution in [0.25, 0.3) is 0 Å². The van der Waals surface area contributed by atoms with Gasteiger partial charge in [-0.05, 0) is 36.7 Å². The largest absolute Gasteiger partial charge is 0.481 e. The first kappa shape index (κ1) is 9.90. The maximum Gasteiger partial charge on any atom is 0.303 e. The van der Waals surface area contributed by atoms with Crippen molar-refractivity contribution < 1.29 is 9.90 Å². The lowest BCUT2D eigenvalue weighted by atomic mass is 10.0. The highest BCUT2D eigenvalue weighted by molar-refractivity contribution is 7.99. The first-order chi connectivity index (χ1) is 5.79. The van der Waals surface area contributed by atoms with Crippen LogP contribution >= 0.6 is 11.8 Å². The van der Waals surface area contributed by atoms with Crippen LogP contribution in [-0.4, -0.2) is 22.6 Å². The highest BCUT2D eigenvalue weighted by Crippen LogP contribution is 2.27. The van der Waals surface area contributed by atoms with E-state index in [1.807, 2.05) is 11.8 Å². The summed E-state index contributed by atoms with van der Waals surface area (Å²) in [5.41, 5.74) is 0. The topological polar surface area (TPSA) is 37.3 Å². The van der Waals surface area contributed by atoms with Gasteiger partial charge in [0, 0.05) is 6.42 Å². The fourth-order valence-electron chi connectivity index (χ4n) is 1.52. The quantitative estimate of drug-likeness (QED) is 0.673. The van der Waals surface area contributed by atoms with Gasteiger partial charge in [-0.2, -0.15) is 11.8 Å². The molecule has 2 nitrogen and oxygen atoms in total. The van der Waals surface area contributed by atoms with Crippen molar-refractivity contribution in [3.05, 3.63) is 0 Å². The number of unbranched alkanes of at least 4 members (excludes halogenated alkanes) is 1. The van der Waals surface area contributed by atoms with Crippen molar-refractivity contribution in [3.8, 4) is 0 Å². The van der Waals surface area contributed by atoms with Gasteiger partial charge in [-0.15, -0.1) is 0 Å². The Balaban J connectivity index is 1.91. The van der Waals surface area contributed by atoms with Gasteiger partial charge in [0.15, 0.2) is 0 Å². The molecule has 0 amide bonds. The summed E-state index contributed by atoms with van der Waals surface area (Å²) in [7, 11) is 0. The number of aliphatic carboxylic acids is 1. The average Bonchev–Trinajstić information content (AvgIpc) is 2.49. The lowest BCUT2D eigenvalue weighted by Gasteiger charge is -2.05. The van der Waals surface area contributed by atoms with Crippen LogP contribution < -0.4 is 0 Å². The zero-order chi connectivity index (χ0) is 8.81. The zero-order valence-electron chi connectivity index (χ0n) is 7.29. The molecule has 3 heteroatoms. The monoisotopic (exact) mass is 188 g/mol. The molecule has 0 spiro atoms. The van der Waals surface area contributed by atoms with Gasteiger partial charge in [-0.3, -0.25) is 4.79 Å². The minimum atomic E-state index is -0.657. The molecule has 0 aromatic carbocycles. The van der Waals surface area contributed by atoms with Crippen molar-refractivity contribution in [2.45, 2.75) is 32.1 Å². The van der Waals surface area contributed by atoms with Gasteiger partial charge in [0.2, 0.25) is 0 Å². The second-order valence-electron chi connectivity index (χ2n) is 3.37. The van der Waals surface area contributed by atoms with E-state index in [1.54, 1.807) is 0 Å². The van der Waals surface area contributed by atoms with E-state index in [9.17, 15) is 4.79 Å². The Labute approximate surface area is 77.7 Å². The van der Waals surface area contributed by atoms with E-state index in [0.29, 0.717) is 6.42 Å². The fourth-order valence-corrected chi connectivity index (χ4v) is 2.85. The van der Waals surface area contributed by atoms with Gasteiger partial charge < -0.3 is 5.11 Å². The molecular formula is C9H16O2S. The Morgan fingerprint density at radius 2 is 2.33 bits per heavy atom. The molecule has 0 aliphatic carbocycles. The third-order valence-electron chi connectivity index (χ3n) is 2.28. The molecule has 0 saturated carbocycles. The van der Waals surface area contributed by atoms with Crippen LogP contribution in [0.1, 0.15) is 32.1 Å². The van der Waals surface area contributed by atoms with Crippen LogP contribution in [0.4, 0.5) is 0 Å². The van der Waals surface area contributed by atoms with E-state index in [0.717, 1.165) is 18.8 Å². The third-order valence-corrected chi connectivity index (χ3v) is 3.51. The van der Waals surface area contributed by atoms with Gasteiger partial charge >= 0.3 is 5.97 Å². The lowest BCUT2D eigenvalue weighted by Crippen LogP contribution is -1.99. The summed E-state index contributed by atoms with van der Waals surface area (Å²) in [6.45, 7) is 0. The first-order valence-corrected chi connectivity index (χ1v) is 5.74. The Morgan fingerprint density at radius 1 is 1.50 bits per heavy atom. The summed E-state index contributed by atoms with van der Waals surface area (Å²) >= 11 is 2.03. The number of thioether (sulfide) groups is 1. The molecule has 1 atom stereocenters. The van der Waals surface area contributed by atoms with Gasteiger partial charge in [0.05, 0.1) is 0 Å². The standard InChI is InChI=1S/C9H16O2S/c10-9(11)4-2-1-3-8-5-6-12-7-8/h8H,1-7H2,(H,10,11)/t8-/m1/s1. The highest BCUT2D eigenvalue weighted by Gasteiger charge is 2.14. The molecule has 1 saturated heterocycles. The van der Waals surface area contributed by atoms with Gasteiger partial charge in [0.1, 0.15) is 0 Å². The predicted molar refractivity (Wildman–Crippen MR) is 51.5 cm³/mol. The molecular weight excluding hydrogens is 172 g/mol. The van der Waals surface area contributed by atoms with Crippen LogP contribution in [0.3, 0.4) is 0 Å². The summed E-state index contributed by atoms with van der Waals surface area (Å²) in [5, 5.41) is 8.40. The summed E-state index contributed by atoms with van der Waals surface area (Å²) in [4.78, 5) is 10.2. The molecule has 1 heterocycles. The number of carboxylic acids is 1. The number of rotatable bonds is 5. The predicted octanol–water partition coefficient (Wildman–Crippen LogP) is 2.38. The van der Waals surface area contributed by atoms with E-state index in [2.05, 4.69) is 0 Å². The first-order valence-electron chi connectivity index (χ1n) is 4.58. The molecule has 1 aliphatic rings. The SMILES string of the molecule is O=C(O)CCCC[C@@H]1CCSC1. The molecule has 0 aromatic heterocycles. The molecule has 12 heavy (non-hydrogen) atoms. The van der Waals surface area contributed by atoms with E-state index in [-0.39, 0.29) is 0 Å². The molecule has 0 radical (unpaired) electrons. The Kier molecular flexibility index (Phi) is 4.51. The number of carboxylic acid groups (broad SMARTS) is 1. The molecule has 0 bridgehead atoms. The minimum absolute atomic E-state index is 0.347. The summed E-state index contributed by atoms with van der Waals surface area (Å²) in [6, 6.07) is 0. The van der Waals surface area contributed by atoms with Gasteiger partial charge in [0.25, 0.3) is 0 Å². The maximum atomic E-state index is 10.2. The second kappa shape index (κ2) is 5.46. The normalized spacial score (nSPS) is 22.8. The Bertz CT molecular complexity index is 141. The average molecular weight is 188 g/mol. The van der Waals surface area contributed by atoms with Crippen molar-refractivity contribution in [1.29, 1.82) is 0 Å². The summed E-state index contributed by atoms with van der Waals surface area (Å²) in [6.07, 6.45) is 4.88. The van der Waals surface area contributed by atoms with Crippen molar-refractivity contribution in [2.75, 3.05) is 11.5 Å². The van der Waals surface area contributed by atoms with Crippen molar-refractivity contribution in [3.63, 3.8) is 0 Å². The molecule has 1 aliphatic heterocycles. The Morgan fingerprint density at radius 3 is 2.92 bits per heavy atom. The Hall–Kier alpha value is -0.180. The fraction of sp³-hybridized carbons (Fsp3) is 0.889. The minimum Gasteiger partial charge on any atom is -0.481 e. The molecule has 0 aromatic rings. The second-order valence-corrected chi connectivity index (χ2v) is 4.52. The maximum absolute atomic E-state index is 10.2. The van der Waals surface area contributed by atoms with Crippen LogP contribution in [-0.2, 0) is 4.79 Å². The van der Waals surface area contributed by atoms with E-state index in [1.165, 1.54) is 24.3 Å². The van der Waals surface area contributed by atoms with Crippen LogP contribution in [0.2, 0.25) is 0 Å². The van der Waals surface area contributed by atoms with Crippen LogP contribution in [0, 0.1) is 5.92 Å². The molecule has 1 N–H and O–H groups in total. The molecule has 70 valence electrons. The van der Waals surface area contributed by atoms with Gasteiger partial charge in [-0.1, -0.05) is 6.42 Å². The number of hydrogen-bond donors (Lipinski definition) is 1. The van der Waals surface area contributed by atoms with E-state index < -0.39 is 5.97 Å². The van der Waals surface area contributed by atoms with Crippen molar-refractivity contribution in [2.24, 2.45) is 5.92 Å². The molecule has 1 rings (SSSR count). The van der Waals surface area contributed by atoms with Gasteiger partial charge in [-0.25, -0.2) is 0 Å². The molecule has 1 fully saturated rings. The van der Waals surface area contributed by atoms with Crippen LogP contribution in [0.15, 0.2) is 0 Å².